The molecule has 0 bridgehead atoms. The van der Waals surface area contributed by atoms with Crippen LogP contribution in [0, 0.1) is 0 Å². The summed E-state index contributed by atoms with van der Waals surface area (Å²) in [5.74, 6) is -3.77. The van der Waals surface area contributed by atoms with Crippen molar-refractivity contribution >= 4 is 5.97 Å². The summed E-state index contributed by atoms with van der Waals surface area (Å²) in [6.07, 6.45) is -3.38. The molecule has 0 aromatic heterocycles. The normalized spacial score (nSPS) is 21.9. The lowest BCUT2D eigenvalue weighted by Gasteiger charge is -2.17. The Bertz CT molecular complexity index is 590. The highest BCUT2D eigenvalue weighted by Gasteiger charge is 2.25. The summed E-state index contributed by atoms with van der Waals surface area (Å²) in [7, 11) is 0. The van der Waals surface area contributed by atoms with Crippen molar-refractivity contribution in [2.75, 3.05) is 6.61 Å². The average molecular weight is 246 g/mol. The summed E-state index contributed by atoms with van der Waals surface area (Å²) in [6.45, 7) is 1.20. The molecule has 5 N–H and O–H groups in total. The first-order valence-electron chi connectivity index (χ1n) is 7.11. The minimum atomic E-state index is -3.38. The monoisotopic (exact) mass is 246 g/mol. The van der Waals surface area contributed by atoms with Gasteiger partial charge in [-0.1, -0.05) is 6.04 Å². The molecule has 17 heavy (non-hydrogen) atoms. The number of rotatable bonds is 4. The number of esters is 1. The van der Waals surface area contributed by atoms with E-state index in [1.165, 1.54) is 6.92 Å². The minimum absolute atomic E-state index is 0.196. The summed E-state index contributed by atoms with van der Waals surface area (Å²) in [4.78, 5) is 11.6. The molecule has 0 aliphatic heterocycles. The summed E-state index contributed by atoms with van der Waals surface area (Å²) in [6, 6.07) is -6.25. The van der Waals surface area contributed by atoms with Crippen molar-refractivity contribution in [3.8, 4) is 11.5 Å². The third-order valence-corrected chi connectivity index (χ3v) is 1.76. The zero-order valence-electron chi connectivity index (χ0n) is 13.9. The SMILES string of the molecule is [2H]c1c([2H])c([C@]([2H])(O)[C@]([2H])(N)C(=O)OCC)c([2H])c(O)c1O. The first kappa shape index (κ1) is 7.52. The highest BCUT2D eigenvalue weighted by Crippen LogP contribution is 2.28. The van der Waals surface area contributed by atoms with Gasteiger partial charge in [-0.3, -0.25) is 4.79 Å². The molecule has 1 aromatic carbocycles. The van der Waals surface area contributed by atoms with Crippen molar-refractivity contribution < 1.29 is 31.7 Å². The van der Waals surface area contributed by atoms with E-state index >= 15 is 0 Å². The van der Waals surface area contributed by atoms with Crippen LogP contribution in [0.1, 0.15) is 25.4 Å². The molecule has 0 fully saturated rings. The Morgan fingerprint density at radius 3 is 2.82 bits per heavy atom. The second-order valence-electron chi connectivity index (χ2n) is 2.93. The lowest BCUT2D eigenvalue weighted by Crippen LogP contribution is -2.38. The maximum Gasteiger partial charge on any atom is 0.325 e. The largest absolute Gasteiger partial charge is 0.504 e. The van der Waals surface area contributed by atoms with Crippen LogP contribution < -0.4 is 5.73 Å². The number of ether oxygens (including phenoxy) is 1. The molecule has 0 spiro atoms. The number of nitrogens with two attached hydrogens (primary N) is 1. The Kier molecular flexibility index (Phi) is 2.44. The number of carbonyl (C=O) groups is 1. The number of carbonyl (C=O) groups excluding carboxylic acids is 1. The van der Waals surface area contributed by atoms with Crippen molar-refractivity contribution in [1.29, 1.82) is 0 Å². The Labute approximate surface area is 105 Å². The van der Waals surface area contributed by atoms with E-state index in [2.05, 4.69) is 4.74 Å². The maximum absolute atomic E-state index is 11.6. The number of phenolic OH excluding ortho intramolecular Hbond substituents is 2. The number of aliphatic hydroxyl groups is 1. The fraction of sp³-hybridized carbons (Fsp3) is 0.364. The third kappa shape index (κ3) is 3.08. The Morgan fingerprint density at radius 1 is 1.59 bits per heavy atom. The molecule has 94 valence electrons. The predicted octanol–water partition coefficient (Wildman–Crippen LogP) is 0.0216. The second kappa shape index (κ2) is 5.51. The number of hydrogen-bond donors (Lipinski definition) is 4. The molecule has 2 atom stereocenters. The Balaban J connectivity index is 3.63. The molecule has 0 radical (unpaired) electrons. The van der Waals surface area contributed by atoms with Crippen molar-refractivity contribution in [2.24, 2.45) is 5.73 Å². The van der Waals surface area contributed by atoms with Gasteiger partial charge in [0.2, 0.25) is 0 Å². The van der Waals surface area contributed by atoms with Crippen LogP contribution in [-0.2, 0) is 9.53 Å². The van der Waals surface area contributed by atoms with E-state index in [4.69, 9.17) is 12.6 Å². The first-order valence-corrected chi connectivity index (χ1v) is 4.61. The van der Waals surface area contributed by atoms with Gasteiger partial charge in [0.15, 0.2) is 11.5 Å². The molecule has 0 saturated heterocycles. The molecular formula is C11H15NO5. The Morgan fingerprint density at radius 2 is 2.24 bits per heavy atom. The molecule has 0 heterocycles. The lowest BCUT2D eigenvalue weighted by atomic mass is 10.0. The van der Waals surface area contributed by atoms with Crippen LogP contribution in [0.15, 0.2) is 18.1 Å². The van der Waals surface area contributed by atoms with Gasteiger partial charge in [0, 0.05) is 0 Å². The van der Waals surface area contributed by atoms with E-state index in [1.807, 2.05) is 0 Å². The van der Waals surface area contributed by atoms with Crippen LogP contribution in [0.3, 0.4) is 0 Å². The number of aromatic hydroxyl groups is 2. The van der Waals surface area contributed by atoms with Crippen LogP contribution in [0.2, 0.25) is 0 Å². The van der Waals surface area contributed by atoms with Gasteiger partial charge >= 0.3 is 5.97 Å². The predicted molar refractivity (Wildman–Crippen MR) is 59.3 cm³/mol. The van der Waals surface area contributed by atoms with Gasteiger partial charge in [0.25, 0.3) is 0 Å². The standard InChI is InChI=1S/C11H15NO5/c1-2-17-11(16)9(12)10(15)6-3-4-7(13)8(14)5-6/h3-5,9-10,13-15H,2,12H2,1H3/t9-,10-/m0/s1/i3D,4D,5D,9D,10D. The summed E-state index contributed by atoms with van der Waals surface area (Å²) >= 11 is 0. The smallest absolute Gasteiger partial charge is 0.325 e. The molecule has 1 rings (SSSR count). The molecule has 6 heteroatoms. The third-order valence-electron chi connectivity index (χ3n) is 1.76. The number of benzene rings is 1. The van der Waals surface area contributed by atoms with E-state index in [-0.39, 0.29) is 6.61 Å². The van der Waals surface area contributed by atoms with E-state index < -0.39 is 53.3 Å². The molecular weight excluding hydrogens is 226 g/mol. The van der Waals surface area contributed by atoms with Gasteiger partial charge in [0.05, 0.1) is 13.5 Å². The van der Waals surface area contributed by atoms with Crippen molar-refractivity contribution in [3.05, 3.63) is 23.7 Å². The van der Waals surface area contributed by atoms with Gasteiger partial charge in [-0.2, -0.15) is 0 Å². The fourth-order valence-electron chi connectivity index (χ4n) is 0.948. The summed E-state index contributed by atoms with van der Waals surface area (Å²) in [5, 5.41) is 29.0. The van der Waals surface area contributed by atoms with E-state index in [0.29, 0.717) is 0 Å². The first-order chi connectivity index (χ1) is 9.91. The molecule has 6 nitrogen and oxygen atoms in total. The van der Waals surface area contributed by atoms with E-state index in [0.717, 1.165) is 0 Å². The highest BCUT2D eigenvalue weighted by molar-refractivity contribution is 5.76. The minimum Gasteiger partial charge on any atom is -0.504 e. The van der Waals surface area contributed by atoms with Gasteiger partial charge < -0.3 is 25.8 Å². The van der Waals surface area contributed by atoms with Gasteiger partial charge in [-0.15, -0.1) is 0 Å². The molecule has 0 saturated carbocycles. The molecule has 0 amide bonds. The molecule has 0 unspecified atom stereocenters. The fourth-order valence-corrected chi connectivity index (χ4v) is 0.948. The van der Waals surface area contributed by atoms with Crippen LogP contribution >= 0.6 is 0 Å². The number of phenols is 2. The second-order valence-corrected chi connectivity index (χ2v) is 2.93. The molecule has 1 aromatic rings. The van der Waals surface area contributed by atoms with Crippen LogP contribution in [0.5, 0.6) is 11.5 Å². The topological polar surface area (TPSA) is 113 Å². The van der Waals surface area contributed by atoms with Crippen LogP contribution in [0.25, 0.3) is 0 Å². The summed E-state index contributed by atoms with van der Waals surface area (Å²) in [5.41, 5.74) is 4.24. The van der Waals surface area contributed by atoms with Gasteiger partial charge in [-0.05, 0) is 24.6 Å². The van der Waals surface area contributed by atoms with Gasteiger partial charge in [-0.25, -0.2) is 0 Å². The summed E-state index contributed by atoms with van der Waals surface area (Å²) < 4.78 is 42.4. The number of hydrogen-bond acceptors (Lipinski definition) is 6. The lowest BCUT2D eigenvalue weighted by molar-refractivity contribution is -0.147. The van der Waals surface area contributed by atoms with E-state index in [1.54, 1.807) is 0 Å². The van der Waals surface area contributed by atoms with Crippen LogP contribution in [0.4, 0.5) is 0 Å². The van der Waals surface area contributed by atoms with Crippen LogP contribution in [-0.4, -0.2) is 33.9 Å². The van der Waals surface area contributed by atoms with Crippen molar-refractivity contribution in [2.45, 2.75) is 19.0 Å². The van der Waals surface area contributed by atoms with Crippen molar-refractivity contribution in [3.63, 3.8) is 0 Å². The Hall–Kier alpha value is -1.79. The van der Waals surface area contributed by atoms with Crippen molar-refractivity contribution in [1.82, 2.24) is 0 Å². The zero-order chi connectivity index (χ0) is 17.5. The van der Waals surface area contributed by atoms with E-state index in [9.17, 15) is 20.1 Å². The molecule has 0 aliphatic carbocycles. The zero-order valence-corrected chi connectivity index (χ0v) is 8.94. The molecule has 0 aliphatic rings. The maximum atomic E-state index is 11.6. The highest BCUT2D eigenvalue weighted by atomic mass is 16.5. The van der Waals surface area contributed by atoms with Gasteiger partial charge in [0.1, 0.15) is 12.1 Å². The quantitative estimate of drug-likeness (QED) is 0.440. The average Bonchev–Trinajstić information content (AvgIpc) is 2.43.